The molecule has 3 rings (SSSR count). The van der Waals surface area contributed by atoms with Crippen LogP contribution in [0.2, 0.25) is 5.02 Å². The van der Waals surface area contributed by atoms with Gasteiger partial charge in [-0.2, -0.15) is 0 Å². The Morgan fingerprint density at radius 1 is 1.40 bits per heavy atom. The number of halogens is 2. The van der Waals surface area contributed by atoms with Gasteiger partial charge in [-0.1, -0.05) is 11.6 Å². The molecule has 0 aliphatic carbocycles. The molecule has 2 aromatic rings. The number of carbonyl (C=O) groups is 1. The van der Waals surface area contributed by atoms with Crippen LogP contribution in [0.5, 0.6) is 5.75 Å². The Morgan fingerprint density at radius 3 is 2.95 bits per heavy atom. The van der Waals surface area contributed by atoms with Crippen molar-refractivity contribution in [2.45, 2.75) is 0 Å². The lowest BCUT2D eigenvalue weighted by molar-refractivity contribution is -0.118. The summed E-state index contributed by atoms with van der Waals surface area (Å²) in [5.74, 6) is -0.567. The number of hydrogen-bond acceptors (Lipinski definition) is 4. The summed E-state index contributed by atoms with van der Waals surface area (Å²) in [5, 5.41) is 2.83. The zero-order valence-electron chi connectivity index (χ0n) is 10.1. The first kappa shape index (κ1) is 12.7. The van der Waals surface area contributed by atoms with E-state index in [1.165, 1.54) is 24.4 Å². The Labute approximate surface area is 118 Å². The van der Waals surface area contributed by atoms with Gasteiger partial charge < -0.3 is 15.8 Å². The minimum Gasteiger partial charge on any atom is -0.481 e. The molecule has 0 atom stereocenters. The predicted molar refractivity (Wildman–Crippen MR) is 73.2 cm³/mol. The summed E-state index contributed by atoms with van der Waals surface area (Å²) in [5.41, 5.74) is 6.74. The normalized spacial score (nSPS) is 13.4. The van der Waals surface area contributed by atoms with Crippen molar-refractivity contribution in [2.75, 3.05) is 17.7 Å². The highest BCUT2D eigenvalue weighted by molar-refractivity contribution is 6.33. The molecule has 0 fully saturated rings. The molecule has 1 aromatic carbocycles. The molecular formula is C13H9ClFN3O2. The average molecular weight is 294 g/mol. The summed E-state index contributed by atoms with van der Waals surface area (Å²) in [6, 6.07) is 4.11. The number of fused-ring (bicyclic) bond motifs is 1. The molecule has 1 amide bonds. The van der Waals surface area contributed by atoms with Gasteiger partial charge in [0.1, 0.15) is 11.6 Å². The van der Waals surface area contributed by atoms with Gasteiger partial charge in [0, 0.05) is 11.6 Å². The fourth-order valence-corrected chi connectivity index (χ4v) is 2.21. The van der Waals surface area contributed by atoms with Gasteiger partial charge >= 0.3 is 0 Å². The lowest BCUT2D eigenvalue weighted by Crippen LogP contribution is -2.25. The van der Waals surface area contributed by atoms with Gasteiger partial charge in [-0.05, 0) is 12.1 Å². The Hall–Kier alpha value is -2.34. The van der Waals surface area contributed by atoms with E-state index in [1.807, 2.05) is 0 Å². The standard InChI is InChI=1S/C13H9ClFN3O2/c14-8-1-6(16)4-17-13(8)7-2-10-11(3-9(7)15)20-5-12(19)18-10/h1-4H,5,16H2,(H,18,19). The van der Waals surface area contributed by atoms with Gasteiger partial charge in [0.25, 0.3) is 5.91 Å². The molecule has 102 valence electrons. The van der Waals surface area contributed by atoms with E-state index >= 15 is 0 Å². The van der Waals surface area contributed by atoms with E-state index in [1.54, 1.807) is 0 Å². The molecule has 0 unspecified atom stereocenters. The largest absolute Gasteiger partial charge is 0.481 e. The van der Waals surface area contributed by atoms with Gasteiger partial charge in [-0.15, -0.1) is 0 Å². The zero-order valence-corrected chi connectivity index (χ0v) is 10.9. The van der Waals surface area contributed by atoms with Crippen molar-refractivity contribution in [3.8, 4) is 17.0 Å². The van der Waals surface area contributed by atoms with Crippen LogP contribution in [-0.2, 0) is 4.79 Å². The SMILES string of the molecule is Nc1cnc(-c2cc3c(cc2F)OCC(=O)N3)c(Cl)c1. The molecule has 0 spiro atoms. The molecule has 0 saturated carbocycles. The number of carbonyl (C=O) groups excluding carboxylic acids is 1. The number of nitrogens with two attached hydrogens (primary N) is 1. The number of hydrogen-bond donors (Lipinski definition) is 2. The smallest absolute Gasteiger partial charge is 0.262 e. The number of ether oxygens (including phenoxy) is 1. The lowest BCUT2D eigenvalue weighted by Gasteiger charge is -2.19. The zero-order chi connectivity index (χ0) is 14.3. The molecule has 20 heavy (non-hydrogen) atoms. The highest BCUT2D eigenvalue weighted by Gasteiger charge is 2.21. The van der Waals surface area contributed by atoms with Crippen LogP contribution in [0.1, 0.15) is 0 Å². The predicted octanol–water partition coefficient (Wildman–Crippen LogP) is 2.45. The Kier molecular flexibility index (Phi) is 2.94. The van der Waals surface area contributed by atoms with Crippen molar-refractivity contribution in [3.63, 3.8) is 0 Å². The average Bonchev–Trinajstić information content (AvgIpc) is 2.39. The molecule has 0 saturated heterocycles. The van der Waals surface area contributed by atoms with Crippen molar-refractivity contribution in [1.29, 1.82) is 0 Å². The second-order valence-electron chi connectivity index (χ2n) is 4.26. The molecule has 3 N–H and O–H groups in total. The fraction of sp³-hybridized carbons (Fsp3) is 0.0769. The van der Waals surface area contributed by atoms with Crippen LogP contribution in [0.15, 0.2) is 24.4 Å². The van der Waals surface area contributed by atoms with E-state index in [4.69, 9.17) is 22.1 Å². The number of rotatable bonds is 1. The molecule has 0 bridgehead atoms. The minimum absolute atomic E-state index is 0.132. The number of benzene rings is 1. The van der Waals surface area contributed by atoms with Crippen LogP contribution in [0.25, 0.3) is 11.3 Å². The monoisotopic (exact) mass is 293 g/mol. The summed E-state index contributed by atoms with van der Waals surface area (Å²) in [6.45, 7) is -0.132. The summed E-state index contributed by atoms with van der Waals surface area (Å²) >= 11 is 6.02. The number of anilines is 2. The third-order valence-corrected chi connectivity index (χ3v) is 3.11. The van der Waals surface area contributed by atoms with Crippen molar-refractivity contribution >= 4 is 28.9 Å². The van der Waals surface area contributed by atoms with Crippen molar-refractivity contribution in [1.82, 2.24) is 4.98 Å². The minimum atomic E-state index is -0.543. The number of amides is 1. The molecule has 5 nitrogen and oxygen atoms in total. The summed E-state index contributed by atoms with van der Waals surface area (Å²) in [6.07, 6.45) is 1.38. The van der Waals surface area contributed by atoms with Gasteiger partial charge in [-0.25, -0.2) is 4.39 Å². The van der Waals surface area contributed by atoms with Gasteiger partial charge in [0.2, 0.25) is 0 Å². The van der Waals surface area contributed by atoms with Crippen LogP contribution in [-0.4, -0.2) is 17.5 Å². The number of aromatic nitrogens is 1. The van der Waals surface area contributed by atoms with E-state index in [9.17, 15) is 9.18 Å². The third kappa shape index (κ3) is 2.14. The van der Waals surface area contributed by atoms with Gasteiger partial charge in [0.15, 0.2) is 6.61 Å². The molecule has 2 heterocycles. The lowest BCUT2D eigenvalue weighted by atomic mass is 10.1. The van der Waals surface area contributed by atoms with Crippen LogP contribution in [0.4, 0.5) is 15.8 Å². The maximum absolute atomic E-state index is 14.1. The number of nitrogens with one attached hydrogen (secondary N) is 1. The first-order valence-electron chi connectivity index (χ1n) is 5.72. The fourth-order valence-electron chi connectivity index (χ4n) is 1.93. The quantitative estimate of drug-likeness (QED) is 0.846. The summed E-state index contributed by atoms with van der Waals surface area (Å²) in [7, 11) is 0. The van der Waals surface area contributed by atoms with Crippen LogP contribution < -0.4 is 15.8 Å². The Bertz CT molecular complexity index is 721. The van der Waals surface area contributed by atoms with Gasteiger partial charge in [-0.3, -0.25) is 9.78 Å². The highest BCUT2D eigenvalue weighted by Crippen LogP contribution is 2.36. The number of pyridine rings is 1. The van der Waals surface area contributed by atoms with Crippen LogP contribution in [0.3, 0.4) is 0 Å². The molecule has 1 aliphatic rings. The Morgan fingerprint density at radius 2 is 2.20 bits per heavy atom. The van der Waals surface area contributed by atoms with E-state index in [2.05, 4.69) is 10.3 Å². The summed E-state index contributed by atoms with van der Waals surface area (Å²) < 4.78 is 19.2. The molecule has 1 aliphatic heterocycles. The van der Waals surface area contributed by atoms with E-state index in [0.717, 1.165) is 0 Å². The van der Waals surface area contributed by atoms with E-state index < -0.39 is 5.82 Å². The molecule has 0 radical (unpaired) electrons. The molecule has 7 heteroatoms. The van der Waals surface area contributed by atoms with E-state index in [0.29, 0.717) is 11.4 Å². The second-order valence-corrected chi connectivity index (χ2v) is 4.67. The maximum atomic E-state index is 14.1. The van der Waals surface area contributed by atoms with E-state index in [-0.39, 0.29) is 34.5 Å². The topological polar surface area (TPSA) is 77.2 Å². The molecule has 1 aromatic heterocycles. The maximum Gasteiger partial charge on any atom is 0.262 e. The van der Waals surface area contributed by atoms with Crippen LogP contribution >= 0.6 is 11.6 Å². The first-order chi connectivity index (χ1) is 9.54. The van der Waals surface area contributed by atoms with Crippen LogP contribution in [0, 0.1) is 5.82 Å². The molecular weight excluding hydrogens is 285 g/mol. The van der Waals surface area contributed by atoms with Gasteiger partial charge in [0.05, 0.1) is 28.3 Å². The highest BCUT2D eigenvalue weighted by atomic mass is 35.5. The first-order valence-corrected chi connectivity index (χ1v) is 6.10. The third-order valence-electron chi connectivity index (χ3n) is 2.82. The second kappa shape index (κ2) is 4.64. The Balaban J connectivity index is 2.14. The van der Waals surface area contributed by atoms with Crippen molar-refractivity contribution in [3.05, 3.63) is 35.2 Å². The number of nitrogen functional groups attached to an aromatic ring is 1. The number of nitrogens with zero attached hydrogens (tertiary/aromatic N) is 1. The van der Waals surface area contributed by atoms with Crippen molar-refractivity contribution < 1.29 is 13.9 Å². The van der Waals surface area contributed by atoms with Crippen molar-refractivity contribution in [2.24, 2.45) is 0 Å². The summed E-state index contributed by atoms with van der Waals surface area (Å²) in [4.78, 5) is 15.3.